The molecule has 2 aromatic rings. The normalized spacial score (nSPS) is 10.4. The third kappa shape index (κ3) is 1.58. The number of halogens is 1. The van der Waals surface area contributed by atoms with Crippen LogP contribution < -0.4 is 5.73 Å². The Kier molecular flexibility index (Phi) is 2.17. The van der Waals surface area contributed by atoms with Crippen LogP contribution in [0.2, 0.25) is 0 Å². The number of phenolic OH excluding ortho intramolecular Hbond substituents is 1. The second kappa shape index (κ2) is 3.34. The lowest BCUT2D eigenvalue weighted by Gasteiger charge is -1.99. The fraction of sp³-hybridized carbons (Fsp3) is 0. The minimum absolute atomic E-state index is 0.171. The van der Waals surface area contributed by atoms with Gasteiger partial charge >= 0.3 is 0 Å². The van der Waals surface area contributed by atoms with E-state index in [9.17, 15) is 5.11 Å². The highest BCUT2D eigenvalue weighted by atomic mass is 79.9. The Balaban J connectivity index is 2.55. The van der Waals surface area contributed by atoms with Crippen molar-refractivity contribution in [2.75, 3.05) is 5.73 Å². The van der Waals surface area contributed by atoms with Gasteiger partial charge in [0.1, 0.15) is 11.4 Å². The van der Waals surface area contributed by atoms with Gasteiger partial charge in [-0.3, -0.25) is 0 Å². The number of phenols is 1. The molecule has 3 N–H and O–H groups in total. The second-order valence-corrected chi connectivity index (χ2v) is 3.63. The molecule has 0 radical (unpaired) electrons. The molecule has 1 heterocycles. The van der Waals surface area contributed by atoms with Gasteiger partial charge in [0.05, 0.1) is 0 Å². The fourth-order valence-corrected chi connectivity index (χ4v) is 1.58. The number of aromatic hydroxyl groups is 1. The molecule has 0 saturated heterocycles. The number of benzene rings is 1. The van der Waals surface area contributed by atoms with E-state index in [0.29, 0.717) is 5.69 Å². The van der Waals surface area contributed by atoms with Crippen molar-refractivity contribution in [2.45, 2.75) is 0 Å². The van der Waals surface area contributed by atoms with Crippen LogP contribution in [0, 0.1) is 0 Å². The summed E-state index contributed by atoms with van der Waals surface area (Å²) in [6, 6.07) is 6.49. The molecule has 72 valence electrons. The monoisotopic (exact) mass is 254 g/mol. The molecule has 0 atom stereocenters. The number of aromatic nitrogens is 1. The van der Waals surface area contributed by atoms with Crippen LogP contribution in [0.1, 0.15) is 0 Å². The quantitative estimate of drug-likeness (QED) is 0.820. The summed E-state index contributed by atoms with van der Waals surface area (Å²) in [7, 11) is 0. The molecule has 0 fully saturated rings. The van der Waals surface area contributed by atoms with E-state index in [1.54, 1.807) is 24.3 Å². The molecule has 0 aliphatic rings. The van der Waals surface area contributed by atoms with Crippen molar-refractivity contribution in [2.24, 2.45) is 0 Å². The van der Waals surface area contributed by atoms with Gasteiger partial charge in [-0.05, 0) is 18.2 Å². The minimum Gasteiger partial charge on any atom is -0.508 e. The largest absolute Gasteiger partial charge is 0.508 e. The molecule has 0 saturated carbocycles. The number of nitrogen functional groups attached to an aromatic ring is 1. The summed E-state index contributed by atoms with van der Waals surface area (Å²) < 4.78 is 5.56. The molecule has 0 amide bonds. The Morgan fingerprint density at radius 2 is 2.14 bits per heavy atom. The van der Waals surface area contributed by atoms with Gasteiger partial charge in [-0.15, -0.1) is 0 Å². The maximum absolute atomic E-state index is 9.30. The third-order valence-electron chi connectivity index (χ3n) is 1.75. The Morgan fingerprint density at radius 3 is 2.79 bits per heavy atom. The van der Waals surface area contributed by atoms with Crippen LogP contribution in [0.15, 0.2) is 33.3 Å². The third-order valence-corrected chi connectivity index (χ3v) is 2.45. The maximum Gasteiger partial charge on any atom is 0.222 e. The molecule has 1 aromatic carbocycles. The molecule has 0 unspecified atom stereocenters. The van der Waals surface area contributed by atoms with Gasteiger partial charge in [0, 0.05) is 16.1 Å². The summed E-state index contributed by atoms with van der Waals surface area (Å²) in [5.41, 5.74) is 6.73. The van der Waals surface area contributed by atoms with E-state index in [-0.39, 0.29) is 11.6 Å². The van der Waals surface area contributed by atoms with Gasteiger partial charge in [-0.2, -0.15) is 0 Å². The van der Waals surface area contributed by atoms with Crippen molar-refractivity contribution in [3.05, 3.63) is 28.7 Å². The molecule has 14 heavy (non-hydrogen) atoms. The van der Waals surface area contributed by atoms with Gasteiger partial charge in [0.15, 0.2) is 0 Å². The highest BCUT2D eigenvalue weighted by Gasteiger charge is 2.08. The molecule has 1 aromatic heterocycles. The first-order valence-corrected chi connectivity index (χ1v) is 4.67. The summed E-state index contributed by atoms with van der Waals surface area (Å²) in [5, 5.41) is 13.0. The maximum atomic E-state index is 9.30. The van der Waals surface area contributed by atoms with E-state index in [4.69, 9.17) is 10.3 Å². The summed E-state index contributed by atoms with van der Waals surface area (Å²) in [6.07, 6.45) is 0. The predicted octanol–water partition coefficient (Wildman–Crippen LogP) is 2.39. The predicted molar refractivity (Wildman–Crippen MR) is 55.7 cm³/mol. The minimum atomic E-state index is 0.171. The lowest BCUT2D eigenvalue weighted by Crippen LogP contribution is -1.79. The van der Waals surface area contributed by atoms with Crippen LogP contribution in [-0.2, 0) is 0 Å². The van der Waals surface area contributed by atoms with Gasteiger partial charge < -0.3 is 15.4 Å². The Hall–Kier alpha value is -1.49. The van der Waals surface area contributed by atoms with E-state index in [0.717, 1.165) is 10.0 Å². The Labute approximate surface area is 88.5 Å². The molecule has 0 bridgehead atoms. The van der Waals surface area contributed by atoms with Crippen LogP contribution in [0.3, 0.4) is 0 Å². The van der Waals surface area contributed by atoms with Crippen molar-refractivity contribution in [3.8, 4) is 17.0 Å². The second-order valence-electron chi connectivity index (χ2n) is 2.78. The van der Waals surface area contributed by atoms with Gasteiger partial charge in [0.25, 0.3) is 0 Å². The van der Waals surface area contributed by atoms with Gasteiger partial charge in [-0.25, -0.2) is 0 Å². The van der Waals surface area contributed by atoms with Crippen molar-refractivity contribution in [3.63, 3.8) is 0 Å². The molecule has 2 rings (SSSR count). The molecular weight excluding hydrogens is 248 g/mol. The number of hydrogen-bond donors (Lipinski definition) is 2. The molecule has 0 aliphatic carbocycles. The van der Waals surface area contributed by atoms with Crippen LogP contribution in [0.25, 0.3) is 11.3 Å². The first-order chi connectivity index (χ1) is 6.66. The first-order valence-electron chi connectivity index (χ1n) is 3.88. The van der Waals surface area contributed by atoms with Crippen LogP contribution in [-0.4, -0.2) is 10.3 Å². The SMILES string of the molecule is Nc1cc(-c2cc(O)ccc2Br)no1. The molecule has 0 spiro atoms. The van der Waals surface area contributed by atoms with Crippen molar-refractivity contribution < 1.29 is 9.63 Å². The highest BCUT2D eigenvalue weighted by molar-refractivity contribution is 9.10. The number of nitrogens with zero attached hydrogens (tertiary/aromatic N) is 1. The topological polar surface area (TPSA) is 72.3 Å². The van der Waals surface area contributed by atoms with E-state index >= 15 is 0 Å². The Bertz CT molecular complexity index is 468. The number of anilines is 1. The van der Waals surface area contributed by atoms with Crippen molar-refractivity contribution in [1.82, 2.24) is 5.16 Å². The molecule has 5 heteroatoms. The van der Waals surface area contributed by atoms with E-state index in [1.165, 1.54) is 0 Å². The summed E-state index contributed by atoms with van der Waals surface area (Å²) in [5.74, 6) is 0.417. The van der Waals surface area contributed by atoms with Crippen molar-refractivity contribution in [1.29, 1.82) is 0 Å². The zero-order valence-corrected chi connectivity index (χ0v) is 8.65. The summed E-state index contributed by atoms with van der Waals surface area (Å²) in [4.78, 5) is 0. The Morgan fingerprint density at radius 1 is 1.36 bits per heavy atom. The van der Waals surface area contributed by atoms with Crippen LogP contribution in [0.5, 0.6) is 5.75 Å². The van der Waals surface area contributed by atoms with Crippen LogP contribution in [0.4, 0.5) is 5.88 Å². The number of nitrogens with two attached hydrogens (primary N) is 1. The zero-order chi connectivity index (χ0) is 10.1. The fourth-order valence-electron chi connectivity index (χ4n) is 1.13. The first kappa shape index (κ1) is 9.08. The van der Waals surface area contributed by atoms with Gasteiger partial charge in [0.2, 0.25) is 5.88 Å². The van der Waals surface area contributed by atoms with E-state index in [1.807, 2.05) is 0 Å². The highest BCUT2D eigenvalue weighted by Crippen LogP contribution is 2.31. The van der Waals surface area contributed by atoms with E-state index < -0.39 is 0 Å². The molecule has 0 aliphatic heterocycles. The van der Waals surface area contributed by atoms with Gasteiger partial charge in [-0.1, -0.05) is 21.1 Å². The lowest BCUT2D eigenvalue weighted by atomic mass is 10.1. The molecule has 4 nitrogen and oxygen atoms in total. The van der Waals surface area contributed by atoms with E-state index in [2.05, 4.69) is 21.1 Å². The number of rotatable bonds is 1. The summed E-state index contributed by atoms with van der Waals surface area (Å²) >= 11 is 3.34. The average molecular weight is 255 g/mol. The smallest absolute Gasteiger partial charge is 0.222 e. The van der Waals surface area contributed by atoms with Crippen LogP contribution >= 0.6 is 15.9 Å². The summed E-state index contributed by atoms with van der Waals surface area (Å²) in [6.45, 7) is 0. The average Bonchev–Trinajstić information content (AvgIpc) is 2.56. The standard InChI is InChI=1S/C9H7BrN2O2/c10-7-2-1-5(13)3-6(7)8-4-9(11)14-12-8/h1-4,13H,11H2. The molecular formula is C9H7BrN2O2. The zero-order valence-electron chi connectivity index (χ0n) is 7.07. The lowest BCUT2D eigenvalue weighted by molar-refractivity contribution is 0.439. The van der Waals surface area contributed by atoms with Crippen molar-refractivity contribution >= 4 is 21.8 Å². The number of hydrogen-bond acceptors (Lipinski definition) is 4.